The van der Waals surface area contributed by atoms with Gasteiger partial charge in [0.2, 0.25) is 0 Å². The van der Waals surface area contributed by atoms with Gasteiger partial charge in [0.15, 0.2) is 5.96 Å². The first kappa shape index (κ1) is 23.0. The third-order valence-electron chi connectivity index (χ3n) is 3.34. The number of unbranched alkanes of at least 4 members (excludes halogenated alkanes) is 1. The lowest BCUT2D eigenvalue weighted by Gasteiger charge is -2.14. The average molecular weight is 449 g/mol. The quantitative estimate of drug-likeness (QED) is 0.235. The number of rotatable bonds is 11. The van der Waals surface area contributed by atoms with Crippen LogP contribution in [0.3, 0.4) is 0 Å². The van der Waals surface area contributed by atoms with Gasteiger partial charge in [-0.1, -0.05) is 31.5 Å². The summed E-state index contributed by atoms with van der Waals surface area (Å²) in [5.41, 5.74) is 1.13. The van der Waals surface area contributed by atoms with Crippen molar-refractivity contribution in [2.45, 2.75) is 39.7 Å². The van der Waals surface area contributed by atoms with E-state index in [1.54, 1.807) is 7.05 Å². The van der Waals surface area contributed by atoms with E-state index in [1.807, 2.05) is 25.1 Å². The number of nitrogens with one attached hydrogen (secondary N) is 2. The molecule has 0 aromatic heterocycles. The summed E-state index contributed by atoms with van der Waals surface area (Å²) in [4.78, 5) is 4.24. The van der Waals surface area contributed by atoms with Gasteiger partial charge in [-0.15, -0.1) is 24.0 Å². The Balaban J connectivity index is 0.00000529. The van der Waals surface area contributed by atoms with Gasteiger partial charge in [0, 0.05) is 38.9 Å². The zero-order chi connectivity index (χ0) is 16.8. The fraction of sp³-hybridized carbons (Fsp3) is 0.611. The van der Waals surface area contributed by atoms with E-state index in [9.17, 15) is 0 Å². The maximum absolute atomic E-state index is 5.63. The number of benzene rings is 1. The summed E-state index contributed by atoms with van der Waals surface area (Å²) >= 11 is 0. The van der Waals surface area contributed by atoms with E-state index >= 15 is 0 Å². The monoisotopic (exact) mass is 449 g/mol. The number of nitrogens with zero attached hydrogens (tertiary/aromatic N) is 1. The third kappa shape index (κ3) is 9.97. The van der Waals surface area contributed by atoms with Crippen molar-refractivity contribution in [1.29, 1.82) is 0 Å². The highest BCUT2D eigenvalue weighted by atomic mass is 127. The molecule has 1 aromatic rings. The van der Waals surface area contributed by atoms with E-state index in [0.717, 1.165) is 49.9 Å². The maximum atomic E-state index is 5.63. The molecule has 0 saturated heterocycles. The maximum Gasteiger partial charge on any atom is 0.191 e. The van der Waals surface area contributed by atoms with E-state index in [2.05, 4.69) is 28.6 Å². The number of hydrogen-bond acceptors (Lipinski definition) is 3. The molecule has 2 N–H and O–H groups in total. The number of halogens is 1. The number of guanidine groups is 1. The molecule has 0 saturated carbocycles. The summed E-state index contributed by atoms with van der Waals surface area (Å²) in [5.74, 6) is 1.71. The van der Waals surface area contributed by atoms with E-state index in [4.69, 9.17) is 9.47 Å². The smallest absolute Gasteiger partial charge is 0.191 e. The van der Waals surface area contributed by atoms with Crippen LogP contribution in [0.25, 0.3) is 0 Å². The molecule has 0 aliphatic carbocycles. The minimum atomic E-state index is 0. The standard InChI is InChI=1S/C18H31N3O2.HI/c1-4-6-13-22-14-9-12-20-18(19-3)21-15-16-10-7-8-11-17(16)23-5-2;/h7-8,10-11H,4-6,9,12-15H2,1-3H3,(H2,19,20,21);1H. The first-order chi connectivity index (χ1) is 11.3. The van der Waals surface area contributed by atoms with Crippen molar-refractivity contribution in [3.8, 4) is 5.75 Å². The van der Waals surface area contributed by atoms with Crippen LogP contribution in [0.1, 0.15) is 38.7 Å². The Labute approximate surface area is 163 Å². The predicted octanol–water partition coefficient (Wildman–Crippen LogP) is 3.58. The highest BCUT2D eigenvalue weighted by Gasteiger charge is 2.03. The second-order valence-electron chi connectivity index (χ2n) is 5.21. The van der Waals surface area contributed by atoms with Crippen LogP contribution in [0, 0.1) is 0 Å². The molecular formula is C18H32IN3O2. The number of para-hydroxylation sites is 1. The van der Waals surface area contributed by atoms with Crippen LogP contribution in [-0.2, 0) is 11.3 Å². The fourth-order valence-electron chi connectivity index (χ4n) is 2.08. The lowest BCUT2D eigenvalue weighted by Crippen LogP contribution is -2.37. The lowest BCUT2D eigenvalue weighted by molar-refractivity contribution is 0.129. The van der Waals surface area contributed by atoms with Crippen LogP contribution >= 0.6 is 24.0 Å². The largest absolute Gasteiger partial charge is 0.494 e. The van der Waals surface area contributed by atoms with Crippen molar-refractivity contribution in [3.63, 3.8) is 0 Å². The minimum absolute atomic E-state index is 0. The average Bonchev–Trinajstić information content (AvgIpc) is 2.58. The normalized spacial score (nSPS) is 10.9. The second kappa shape index (κ2) is 15.5. The zero-order valence-corrected chi connectivity index (χ0v) is 17.5. The number of aliphatic imine (C=N–C) groups is 1. The van der Waals surface area contributed by atoms with E-state index in [0.29, 0.717) is 13.2 Å². The molecule has 1 aromatic carbocycles. The Morgan fingerprint density at radius 2 is 1.83 bits per heavy atom. The third-order valence-corrected chi connectivity index (χ3v) is 3.34. The molecule has 5 nitrogen and oxygen atoms in total. The van der Waals surface area contributed by atoms with E-state index < -0.39 is 0 Å². The van der Waals surface area contributed by atoms with Gasteiger partial charge in [-0.25, -0.2) is 0 Å². The van der Waals surface area contributed by atoms with Crippen LogP contribution in [0.5, 0.6) is 5.75 Å². The SMILES string of the molecule is CCCCOCCCNC(=NC)NCc1ccccc1OCC.I. The Morgan fingerprint density at radius 3 is 2.54 bits per heavy atom. The van der Waals surface area contributed by atoms with Crippen molar-refractivity contribution in [3.05, 3.63) is 29.8 Å². The van der Waals surface area contributed by atoms with Crippen molar-refractivity contribution in [2.75, 3.05) is 33.4 Å². The number of ether oxygens (including phenoxy) is 2. The molecule has 138 valence electrons. The summed E-state index contributed by atoms with van der Waals surface area (Å²) in [5, 5.41) is 6.61. The molecule has 0 fully saturated rings. The lowest BCUT2D eigenvalue weighted by atomic mass is 10.2. The van der Waals surface area contributed by atoms with E-state index in [-0.39, 0.29) is 24.0 Å². The van der Waals surface area contributed by atoms with Crippen LogP contribution in [0.2, 0.25) is 0 Å². The van der Waals surface area contributed by atoms with Gasteiger partial charge in [0.1, 0.15) is 5.75 Å². The molecule has 0 unspecified atom stereocenters. The van der Waals surface area contributed by atoms with Gasteiger partial charge in [-0.05, 0) is 25.8 Å². The van der Waals surface area contributed by atoms with Gasteiger partial charge in [0.25, 0.3) is 0 Å². The van der Waals surface area contributed by atoms with Crippen molar-refractivity contribution in [1.82, 2.24) is 10.6 Å². The fourth-order valence-corrected chi connectivity index (χ4v) is 2.08. The summed E-state index contributed by atoms with van der Waals surface area (Å²) in [6, 6.07) is 8.06. The highest BCUT2D eigenvalue weighted by Crippen LogP contribution is 2.17. The summed E-state index contributed by atoms with van der Waals surface area (Å²) in [6.45, 7) is 8.01. The second-order valence-corrected chi connectivity index (χ2v) is 5.21. The summed E-state index contributed by atoms with van der Waals surface area (Å²) < 4.78 is 11.2. The molecule has 0 aliphatic heterocycles. The van der Waals surface area contributed by atoms with E-state index in [1.165, 1.54) is 6.42 Å². The van der Waals surface area contributed by atoms with Gasteiger partial charge >= 0.3 is 0 Å². The predicted molar refractivity (Wildman–Crippen MR) is 112 cm³/mol. The number of hydrogen-bond donors (Lipinski definition) is 2. The van der Waals surface area contributed by atoms with Crippen molar-refractivity contribution >= 4 is 29.9 Å². The summed E-state index contributed by atoms with van der Waals surface area (Å²) in [6.07, 6.45) is 3.29. The molecule has 0 heterocycles. The molecule has 6 heteroatoms. The zero-order valence-electron chi connectivity index (χ0n) is 15.1. The van der Waals surface area contributed by atoms with Crippen LogP contribution in [-0.4, -0.2) is 39.4 Å². The van der Waals surface area contributed by atoms with Gasteiger partial charge in [0.05, 0.1) is 6.61 Å². The molecule has 0 bridgehead atoms. The van der Waals surface area contributed by atoms with Crippen LogP contribution in [0.4, 0.5) is 0 Å². The Kier molecular flexibility index (Phi) is 14.8. The molecule has 0 radical (unpaired) electrons. The van der Waals surface area contributed by atoms with Crippen LogP contribution in [0.15, 0.2) is 29.3 Å². The highest BCUT2D eigenvalue weighted by molar-refractivity contribution is 14.0. The molecule has 0 amide bonds. The molecule has 1 rings (SSSR count). The Morgan fingerprint density at radius 1 is 1.08 bits per heavy atom. The van der Waals surface area contributed by atoms with Gasteiger partial charge in [-0.3, -0.25) is 4.99 Å². The first-order valence-electron chi connectivity index (χ1n) is 8.54. The Bertz CT molecular complexity index is 456. The van der Waals surface area contributed by atoms with Crippen LogP contribution < -0.4 is 15.4 Å². The molecule has 0 atom stereocenters. The van der Waals surface area contributed by atoms with Gasteiger partial charge in [-0.2, -0.15) is 0 Å². The minimum Gasteiger partial charge on any atom is -0.494 e. The molecule has 0 aliphatic rings. The first-order valence-corrected chi connectivity index (χ1v) is 8.54. The molecule has 0 spiro atoms. The molecule has 24 heavy (non-hydrogen) atoms. The van der Waals surface area contributed by atoms with Gasteiger partial charge < -0.3 is 20.1 Å². The molecular weight excluding hydrogens is 417 g/mol. The topological polar surface area (TPSA) is 54.9 Å². The van der Waals surface area contributed by atoms with Crippen molar-refractivity contribution in [2.24, 2.45) is 4.99 Å². The summed E-state index contributed by atoms with van der Waals surface area (Å²) in [7, 11) is 1.78. The van der Waals surface area contributed by atoms with Crippen molar-refractivity contribution < 1.29 is 9.47 Å². The Hall–Kier alpha value is -1.02.